The smallest absolute Gasteiger partial charge is 0.248 e. The van der Waals surface area contributed by atoms with Gasteiger partial charge in [-0.3, -0.25) is 4.79 Å². The fourth-order valence-corrected chi connectivity index (χ4v) is 1.58. The second-order valence-corrected chi connectivity index (χ2v) is 3.75. The molecular formula is C13H15NO3. The van der Waals surface area contributed by atoms with Crippen LogP contribution in [0.5, 0.6) is 5.75 Å². The molecule has 0 radical (unpaired) electrons. The molecule has 1 aromatic carbocycles. The third kappa shape index (κ3) is 3.07. The lowest BCUT2D eigenvalue weighted by atomic mass is 10.2. The van der Waals surface area contributed by atoms with E-state index in [1.54, 1.807) is 24.2 Å². The predicted octanol–water partition coefficient (Wildman–Crippen LogP) is 1.52. The van der Waals surface area contributed by atoms with Crippen LogP contribution in [0.4, 0.5) is 0 Å². The van der Waals surface area contributed by atoms with Crippen LogP contribution in [-0.2, 0) is 9.53 Å². The molecule has 4 heteroatoms. The standard InChI is InChI=1S/C13H15NO3/c1-16-12-5-2-11(3-6-12)4-7-13(15)14-8-9-17-10-14/h2-7H,8-10H2,1H3/b7-4+. The number of nitrogens with zero attached hydrogens (tertiary/aromatic N) is 1. The van der Waals surface area contributed by atoms with Gasteiger partial charge in [-0.1, -0.05) is 12.1 Å². The Labute approximate surface area is 100 Å². The first-order valence-corrected chi connectivity index (χ1v) is 5.48. The number of hydrogen-bond donors (Lipinski definition) is 0. The van der Waals surface area contributed by atoms with Crippen LogP contribution in [0.1, 0.15) is 5.56 Å². The molecule has 1 saturated heterocycles. The number of rotatable bonds is 3. The lowest BCUT2D eigenvalue weighted by Crippen LogP contribution is -2.26. The van der Waals surface area contributed by atoms with E-state index in [1.165, 1.54) is 0 Å². The molecule has 1 heterocycles. The van der Waals surface area contributed by atoms with Gasteiger partial charge in [0.2, 0.25) is 5.91 Å². The van der Waals surface area contributed by atoms with Crippen LogP contribution in [0.25, 0.3) is 6.08 Å². The number of methoxy groups -OCH3 is 1. The minimum Gasteiger partial charge on any atom is -0.497 e. The van der Waals surface area contributed by atoms with Crippen molar-refractivity contribution in [1.29, 1.82) is 0 Å². The van der Waals surface area contributed by atoms with Crippen molar-refractivity contribution >= 4 is 12.0 Å². The Kier molecular flexibility index (Phi) is 3.77. The van der Waals surface area contributed by atoms with Crippen molar-refractivity contribution < 1.29 is 14.3 Å². The Balaban J connectivity index is 1.96. The van der Waals surface area contributed by atoms with E-state index >= 15 is 0 Å². The zero-order valence-electron chi connectivity index (χ0n) is 9.76. The van der Waals surface area contributed by atoms with Crippen LogP contribution < -0.4 is 4.74 Å². The Morgan fingerprint density at radius 1 is 1.41 bits per heavy atom. The molecule has 2 rings (SSSR count). The molecule has 0 N–H and O–H groups in total. The molecule has 0 saturated carbocycles. The number of amides is 1. The van der Waals surface area contributed by atoms with Gasteiger partial charge in [-0.05, 0) is 23.8 Å². The maximum Gasteiger partial charge on any atom is 0.248 e. The number of ether oxygens (including phenoxy) is 2. The summed E-state index contributed by atoms with van der Waals surface area (Å²) in [6.45, 7) is 1.69. The summed E-state index contributed by atoms with van der Waals surface area (Å²) in [5, 5.41) is 0. The molecule has 1 aromatic rings. The number of carbonyl (C=O) groups excluding carboxylic acids is 1. The average Bonchev–Trinajstić information content (AvgIpc) is 2.90. The third-order valence-corrected chi connectivity index (χ3v) is 2.60. The molecule has 1 aliphatic rings. The maximum absolute atomic E-state index is 11.7. The van der Waals surface area contributed by atoms with E-state index < -0.39 is 0 Å². The number of benzene rings is 1. The van der Waals surface area contributed by atoms with Gasteiger partial charge in [0.1, 0.15) is 12.5 Å². The summed E-state index contributed by atoms with van der Waals surface area (Å²) in [6.07, 6.45) is 3.36. The van der Waals surface area contributed by atoms with E-state index in [2.05, 4.69) is 0 Å². The molecule has 90 valence electrons. The first-order chi connectivity index (χ1) is 8.29. The largest absolute Gasteiger partial charge is 0.497 e. The molecule has 1 amide bonds. The highest BCUT2D eigenvalue weighted by Crippen LogP contribution is 2.12. The van der Waals surface area contributed by atoms with Gasteiger partial charge in [0.25, 0.3) is 0 Å². The summed E-state index contributed by atoms with van der Waals surface area (Å²) >= 11 is 0. The van der Waals surface area contributed by atoms with Crippen molar-refractivity contribution in [2.45, 2.75) is 0 Å². The predicted molar refractivity (Wildman–Crippen MR) is 64.6 cm³/mol. The number of hydrogen-bond acceptors (Lipinski definition) is 3. The van der Waals surface area contributed by atoms with Gasteiger partial charge in [-0.25, -0.2) is 0 Å². The molecule has 1 fully saturated rings. The summed E-state index contributed by atoms with van der Waals surface area (Å²) in [5.74, 6) is 0.791. The second kappa shape index (κ2) is 5.50. The van der Waals surface area contributed by atoms with Crippen molar-refractivity contribution in [2.24, 2.45) is 0 Å². The van der Waals surface area contributed by atoms with Crippen LogP contribution in [0.3, 0.4) is 0 Å². The zero-order valence-corrected chi connectivity index (χ0v) is 9.76. The van der Waals surface area contributed by atoms with Gasteiger partial charge < -0.3 is 14.4 Å². The van der Waals surface area contributed by atoms with Crippen molar-refractivity contribution in [1.82, 2.24) is 4.90 Å². The van der Waals surface area contributed by atoms with E-state index in [9.17, 15) is 4.79 Å². The maximum atomic E-state index is 11.7. The average molecular weight is 233 g/mol. The van der Waals surface area contributed by atoms with Gasteiger partial charge >= 0.3 is 0 Å². The highest BCUT2D eigenvalue weighted by molar-refractivity contribution is 5.91. The first kappa shape index (κ1) is 11.7. The molecule has 0 aromatic heterocycles. The Morgan fingerprint density at radius 3 is 2.76 bits per heavy atom. The minimum atomic E-state index is -0.0154. The van der Waals surface area contributed by atoms with E-state index in [-0.39, 0.29) is 5.91 Å². The number of carbonyl (C=O) groups is 1. The van der Waals surface area contributed by atoms with Crippen LogP contribution in [0.2, 0.25) is 0 Å². The fraction of sp³-hybridized carbons (Fsp3) is 0.308. The molecule has 0 spiro atoms. The van der Waals surface area contributed by atoms with Gasteiger partial charge in [-0.15, -0.1) is 0 Å². The molecule has 4 nitrogen and oxygen atoms in total. The molecule has 0 bridgehead atoms. The monoisotopic (exact) mass is 233 g/mol. The Morgan fingerprint density at radius 2 is 2.18 bits per heavy atom. The second-order valence-electron chi connectivity index (χ2n) is 3.75. The van der Waals surface area contributed by atoms with Crippen LogP contribution >= 0.6 is 0 Å². The quantitative estimate of drug-likeness (QED) is 0.743. The van der Waals surface area contributed by atoms with Crippen molar-refractivity contribution in [3.63, 3.8) is 0 Å². The van der Waals surface area contributed by atoms with Crippen LogP contribution in [-0.4, -0.2) is 37.8 Å². The zero-order chi connectivity index (χ0) is 12.1. The van der Waals surface area contributed by atoms with Gasteiger partial charge in [0.15, 0.2) is 0 Å². The third-order valence-electron chi connectivity index (χ3n) is 2.60. The summed E-state index contributed by atoms with van der Waals surface area (Å²) in [5.41, 5.74) is 0.972. The fourth-order valence-electron chi connectivity index (χ4n) is 1.58. The topological polar surface area (TPSA) is 38.8 Å². The lowest BCUT2D eigenvalue weighted by Gasteiger charge is -2.09. The Hall–Kier alpha value is -1.81. The molecule has 17 heavy (non-hydrogen) atoms. The highest BCUT2D eigenvalue weighted by Gasteiger charge is 2.15. The molecule has 0 atom stereocenters. The first-order valence-electron chi connectivity index (χ1n) is 5.48. The summed E-state index contributed by atoms with van der Waals surface area (Å²) in [7, 11) is 1.63. The van der Waals surface area contributed by atoms with Gasteiger partial charge in [0.05, 0.1) is 13.7 Å². The van der Waals surface area contributed by atoms with Crippen molar-refractivity contribution in [3.05, 3.63) is 35.9 Å². The minimum absolute atomic E-state index is 0.0154. The van der Waals surface area contributed by atoms with E-state index in [0.717, 1.165) is 11.3 Å². The van der Waals surface area contributed by atoms with E-state index in [4.69, 9.17) is 9.47 Å². The SMILES string of the molecule is COc1ccc(/C=C/C(=O)N2CCOC2)cc1. The normalized spacial score (nSPS) is 15.5. The van der Waals surface area contributed by atoms with Crippen LogP contribution in [0, 0.1) is 0 Å². The summed E-state index contributed by atoms with van der Waals surface area (Å²) in [6, 6.07) is 7.54. The van der Waals surface area contributed by atoms with Gasteiger partial charge in [-0.2, -0.15) is 0 Å². The van der Waals surface area contributed by atoms with Gasteiger partial charge in [0, 0.05) is 12.6 Å². The van der Waals surface area contributed by atoms with E-state index in [0.29, 0.717) is 19.9 Å². The molecule has 0 unspecified atom stereocenters. The molecule has 1 aliphatic heterocycles. The lowest BCUT2D eigenvalue weighted by molar-refractivity contribution is -0.126. The molecular weight excluding hydrogens is 218 g/mol. The summed E-state index contributed by atoms with van der Waals surface area (Å²) in [4.78, 5) is 13.3. The van der Waals surface area contributed by atoms with Crippen LogP contribution in [0.15, 0.2) is 30.3 Å². The summed E-state index contributed by atoms with van der Waals surface area (Å²) < 4.78 is 10.2. The highest BCUT2D eigenvalue weighted by atomic mass is 16.5. The Bertz CT molecular complexity index is 405. The van der Waals surface area contributed by atoms with Crippen molar-refractivity contribution in [2.75, 3.05) is 27.0 Å². The molecule has 0 aliphatic carbocycles. The van der Waals surface area contributed by atoms with Crippen molar-refractivity contribution in [3.8, 4) is 5.75 Å². The van der Waals surface area contributed by atoms with E-state index in [1.807, 2.05) is 24.3 Å².